The number of Topliss-reactive ketones (excluding diaryl/α,β-unsaturated/α-hetero) is 3. The number of carbonyl (C=O) groups excluding carboxylic acids is 6. The summed E-state index contributed by atoms with van der Waals surface area (Å²) in [5.74, 6) is -11.7. The van der Waals surface area contributed by atoms with Gasteiger partial charge < -0.3 is 30.6 Å². The van der Waals surface area contributed by atoms with E-state index in [2.05, 4.69) is 0 Å². The van der Waals surface area contributed by atoms with Crippen LogP contribution in [0, 0.1) is 85.8 Å². The van der Waals surface area contributed by atoms with Gasteiger partial charge in [0.2, 0.25) is 0 Å². The number of allylic oxidation sites excluding steroid dienone is 12. The maximum atomic E-state index is 18.1. The average molecular weight is 1220 g/mol. The maximum absolute atomic E-state index is 18.1. The summed E-state index contributed by atoms with van der Waals surface area (Å²) in [6.45, 7) is 10.7. The molecule has 86 heavy (non-hydrogen) atoms. The molecule has 12 aliphatic rings. The third kappa shape index (κ3) is 7.41. The molecule has 0 unspecified atom stereocenters. The number of fused-ring (bicyclic) bond motifs is 15. The Hall–Kier alpha value is -3.88. The summed E-state index contributed by atoms with van der Waals surface area (Å²) in [5, 5.41) is 74.9. The predicted molar refractivity (Wildman–Crippen MR) is 304 cm³/mol. The zero-order valence-corrected chi connectivity index (χ0v) is 51.5. The number of phosphoric ester groups is 1. The van der Waals surface area contributed by atoms with Crippen molar-refractivity contribution in [2.45, 2.75) is 191 Å². The van der Waals surface area contributed by atoms with Crippen molar-refractivity contribution in [1.82, 2.24) is 0 Å². The van der Waals surface area contributed by atoms with E-state index < -0.39 is 202 Å². The van der Waals surface area contributed by atoms with Gasteiger partial charge in [-0.2, -0.15) is 0 Å². The van der Waals surface area contributed by atoms with Crippen molar-refractivity contribution in [3.63, 3.8) is 0 Å². The Kier molecular flexibility index (Phi) is 14.0. The molecule has 9 fully saturated rings. The molecule has 16 nitrogen and oxygen atoms in total. The lowest BCUT2D eigenvalue weighted by atomic mass is 9.44. The van der Waals surface area contributed by atoms with Gasteiger partial charge in [0, 0.05) is 50.2 Å². The highest BCUT2D eigenvalue weighted by Crippen LogP contribution is 2.75. The van der Waals surface area contributed by atoms with E-state index in [1.807, 2.05) is 0 Å². The number of aliphatic hydroxyl groups is 6. The van der Waals surface area contributed by atoms with Crippen LogP contribution in [0.4, 0.5) is 13.2 Å². The van der Waals surface area contributed by atoms with Crippen LogP contribution >= 0.6 is 7.82 Å². The second-order valence-corrected chi connectivity index (χ2v) is 31.7. The lowest BCUT2D eigenvalue weighted by Gasteiger charge is -2.62. The van der Waals surface area contributed by atoms with Crippen LogP contribution in [-0.2, 0) is 46.9 Å². The Morgan fingerprint density at radius 2 is 0.721 bits per heavy atom. The molecule has 0 aliphatic heterocycles. The van der Waals surface area contributed by atoms with Gasteiger partial charge in [-0.3, -0.25) is 42.3 Å². The standard InChI is InChI=1S/C66H84F3O16P/c1-34-22-46-43-13-10-37-25-40(70)16-19-55(37,4)61(43,67)49(73)28-58(46,7)64(34,79)52(76)31-83-86(82,84-32-53(77)65(80)35(2)23-47-44-14-11-38-26-41(71)17-20-56(38,5)62(44,68)50(74)29-59(47,65)8)85-33-54(78)66(81)36(3)24-48-45-15-12-39-27-42(72)18-21-57(39,6)63(45,69)51(75)30-60(48,66)9/h16-21,25-27,34-36,43-51,73-75,79-81H,10-15,22-24,28-33H2,1-9H3/t34-,35-,36-,43+,44+,45+,46+,47+,48+,49+,50+,51+,55+,56+,57+,58+,59+,60+,61+,62+,63+,64+,65+,66+/m1/s1. The number of halogens is 3. The Bertz CT molecular complexity index is 2950. The quantitative estimate of drug-likeness (QED) is 0.101. The first-order chi connectivity index (χ1) is 39.8. The van der Waals surface area contributed by atoms with Crippen molar-refractivity contribution in [3.05, 3.63) is 71.4 Å². The van der Waals surface area contributed by atoms with Crippen LogP contribution in [0.25, 0.3) is 0 Å². The summed E-state index contributed by atoms with van der Waals surface area (Å²) in [6, 6.07) is 0. The predicted octanol–water partition coefficient (Wildman–Crippen LogP) is 7.90. The van der Waals surface area contributed by atoms with Gasteiger partial charge in [0.25, 0.3) is 0 Å². The molecule has 12 rings (SSSR count). The van der Waals surface area contributed by atoms with Gasteiger partial charge >= 0.3 is 7.82 Å². The molecule has 0 radical (unpaired) electrons. The third-order valence-electron chi connectivity index (χ3n) is 27.0. The summed E-state index contributed by atoms with van der Waals surface area (Å²) in [6.07, 6.45) is 7.84. The lowest BCUT2D eigenvalue weighted by molar-refractivity contribution is -0.220. The van der Waals surface area contributed by atoms with E-state index in [9.17, 15) is 45.0 Å². The number of phosphoric acid groups is 1. The molecule has 0 aromatic heterocycles. The fourth-order valence-electron chi connectivity index (χ4n) is 22.3. The molecule has 0 spiro atoms. The summed E-state index contributed by atoms with van der Waals surface area (Å²) >= 11 is 0. The average Bonchev–Trinajstić information content (AvgIpc) is 1.33. The first-order valence-electron chi connectivity index (χ1n) is 31.1. The maximum Gasteiger partial charge on any atom is 0.476 e. The molecule has 0 heterocycles. The van der Waals surface area contributed by atoms with Gasteiger partial charge in [0.1, 0.15) is 36.6 Å². The van der Waals surface area contributed by atoms with E-state index in [1.165, 1.54) is 54.7 Å². The van der Waals surface area contributed by atoms with E-state index in [1.54, 1.807) is 62.3 Å². The zero-order chi connectivity index (χ0) is 62.7. The van der Waals surface area contributed by atoms with Crippen molar-refractivity contribution in [2.24, 2.45) is 85.8 Å². The van der Waals surface area contributed by atoms with E-state index in [0.717, 1.165) is 0 Å². The Morgan fingerprint density at radius 3 is 0.965 bits per heavy atom. The van der Waals surface area contributed by atoms with Crippen LogP contribution < -0.4 is 0 Å². The number of alkyl halides is 3. The fourth-order valence-corrected chi connectivity index (χ4v) is 23.3. The van der Waals surface area contributed by atoms with E-state index in [0.29, 0.717) is 36.0 Å². The van der Waals surface area contributed by atoms with Crippen LogP contribution in [0.15, 0.2) is 71.4 Å². The number of carbonyl (C=O) groups is 6. The van der Waals surface area contributed by atoms with Crippen molar-refractivity contribution in [3.8, 4) is 0 Å². The first kappa shape index (κ1) is 62.3. The Labute approximate surface area is 499 Å². The molecule has 20 heteroatoms. The second-order valence-electron chi connectivity index (χ2n) is 30.0. The molecule has 0 saturated heterocycles. The largest absolute Gasteiger partial charge is 0.476 e. The number of hydrogen-bond donors (Lipinski definition) is 6. The van der Waals surface area contributed by atoms with Gasteiger partial charge in [0.05, 0.1) is 18.3 Å². The van der Waals surface area contributed by atoms with Gasteiger partial charge in [-0.1, -0.05) is 76.5 Å². The Balaban J connectivity index is 0.832. The third-order valence-corrected chi connectivity index (χ3v) is 28.3. The summed E-state index contributed by atoms with van der Waals surface area (Å²) in [5.41, 5.74) is -21.2. The zero-order valence-electron chi connectivity index (χ0n) is 50.6. The van der Waals surface area contributed by atoms with Crippen LogP contribution in [0.3, 0.4) is 0 Å². The highest BCUT2D eigenvalue weighted by Gasteiger charge is 2.79. The van der Waals surface area contributed by atoms with Gasteiger partial charge in [0.15, 0.2) is 51.7 Å². The van der Waals surface area contributed by atoms with Crippen molar-refractivity contribution >= 4 is 42.5 Å². The number of hydrogen-bond acceptors (Lipinski definition) is 16. The van der Waals surface area contributed by atoms with Crippen molar-refractivity contribution < 1.29 is 90.7 Å². The van der Waals surface area contributed by atoms with Crippen molar-refractivity contribution in [1.29, 1.82) is 0 Å². The molecule has 0 amide bonds. The Morgan fingerprint density at radius 1 is 0.477 bits per heavy atom. The van der Waals surface area contributed by atoms with Gasteiger partial charge in [-0.05, 0) is 170 Å². The molecule has 0 aromatic rings. The number of ketones is 6. The second kappa shape index (κ2) is 19.3. The minimum atomic E-state index is -5.51. The first-order valence-corrected chi connectivity index (χ1v) is 32.5. The fraction of sp³-hybridized carbons (Fsp3) is 0.727. The smallest absolute Gasteiger partial charge is 0.390 e. The number of aliphatic hydroxyl groups excluding tert-OH is 3. The van der Waals surface area contributed by atoms with Crippen molar-refractivity contribution in [2.75, 3.05) is 19.8 Å². The normalized spacial score (nSPS) is 52.2. The van der Waals surface area contributed by atoms with E-state index in [-0.39, 0.29) is 55.9 Å². The van der Waals surface area contributed by atoms with Gasteiger partial charge in [-0.15, -0.1) is 0 Å². The number of rotatable bonds is 12. The summed E-state index contributed by atoms with van der Waals surface area (Å²) in [7, 11) is -5.51. The molecule has 0 aromatic carbocycles. The summed E-state index contributed by atoms with van der Waals surface area (Å²) < 4.78 is 87.3. The highest BCUT2D eigenvalue weighted by atomic mass is 31.2. The molecular formula is C66H84F3O16P. The molecule has 24 atom stereocenters. The minimum Gasteiger partial charge on any atom is -0.390 e. The highest BCUT2D eigenvalue weighted by molar-refractivity contribution is 7.48. The van der Waals surface area contributed by atoms with Crippen LogP contribution in [0.5, 0.6) is 0 Å². The van der Waals surface area contributed by atoms with Gasteiger partial charge in [-0.25, -0.2) is 17.7 Å². The topological polar surface area (TPSA) is 269 Å². The van der Waals surface area contributed by atoms with Crippen LogP contribution in [0.1, 0.15) is 139 Å². The minimum absolute atomic E-state index is 0.111. The van der Waals surface area contributed by atoms with E-state index >= 15 is 32.1 Å². The van der Waals surface area contributed by atoms with Crippen LogP contribution in [-0.4, -0.2) is 137 Å². The van der Waals surface area contributed by atoms with E-state index in [4.69, 9.17) is 13.6 Å². The molecule has 12 aliphatic carbocycles. The molecule has 9 saturated carbocycles. The monoisotopic (exact) mass is 1220 g/mol. The lowest BCUT2D eigenvalue weighted by Crippen LogP contribution is -2.69. The molecule has 470 valence electrons. The molecule has 0 bridgehead atoms. The summed E-state index contributed by atoms with van der Waals surface area (Å²) in [4.78, 5) is 82.5. The molecular weight excluding hydrogens is 1140 g/mol. The SMILES string of the molecule is C[C@@H]1C[C@H]2[C@@H]3CCC4=CC(=O)C=C[C@]4(C)[C@@]3(F)[C@@H](O)C[C@]2(C)[C@@]1(O)C(=O)COP(=O)(OCC(=O)[C@@]1(O)[C@H](C)C[C@H]2[C@@H]3CCC4=CC(=O)C=C[C@]4(C)[C@@]3(F)[C@@H](O)C[C@@]21C)OCC(=O)[C@@]1(O)[C@H](C)C[C@H]2[C@@H]3CCC4=CC(=O)C=C[C@]4(C)[C@@]3(F)[C@@H](O)C[C@@]21C. The van der Waals surface area contributed by atoms with Crippen LogP contribution in [0.2, 0.25) is 0 Å². The molecule has 6 N–H and O–H groups in total.